The number of benzene rings is 1. The average molecular weight is 286 g/mol. The smallest absolute Gasteiger partial charge is 0.228 e. The molecule has 1 aromatic carbocycles. The van der Waals surface area contributed by atoms with Crippen LogP contribution in [0, 0.1) is 5.92 Å². The predicted octanol–water partition coefficient (Wildman–Crippen LogP) is 1.62. The first-order chi connectivity index (χ1) is 8.45. The second kappa shape index (κ2) is 7.76. The second-order valence-corrected chi connectivity index (χ2v) is 4.25. The molecular weight excluding hydrogens is 266 g/mol. The van der Waals surface area contributed by atoms with Crippen molar-refractivity contribution in [2.45, 2.75) is 13.8 Å². The first kappa shape index (κ1) is 17.4. The van der Waals surface area contributed by atoms with Crippen LogP contribution >= 0.6 is 12.4 Å². The van der Waals surface area contributed by atoms with E-state index < -0.39 is 0 Å². The highest BCUT2D eigenvalue weighted by Crippen LogP contribution is 2.19. The fourth-order valence-electron chi connectivity index (χ4n) is 1.35. The highest BCUT2D eigenvalue weighted by Gasteiger charge is 2.12. The Morgan fingerprint density at radius 2 is 2.05 bits per heavy atom. The summed E-state index contributed by atoms with van der Waals surface area (Å²) in [6.07, 6.45) is 0. The number of nitrogens with zero attached hydrogens (tertiary/aromatic N) is 1. The molecule has 0 saturated carbocycles. The van der Waals surface area contributed by atoms with Crippen LogP contribution in [-0.2, 0) is 9.59 Å². The zero-order valence-electron chi connectivity index (χ0n) is 11.3. The van der Waals surface area contributed by atoms with Crippen molar-refractivity contribution in [1.29, 1.82) is 0 Å². The third-order valence-corrected chi connectivity index (χ3v) is 2.77. The maximum absolute atomic E-state index is 11.7. The van der Waals surface area contributed by atoms with Crippen molar-refractivity contribution in [3.05, 3.63) is 24.3 Å². The van der Waals surface area contributed by atoms with Crippen LogP contribution in [0.1, 0.15) is 13.8 Å². The second-order valence-electron chi connectivity index (χ2n) is 4.25. The molecule has 0 spiro atoms. The van der Waals surface area contributed by atoms with Crippen molar-refractivity contribution in [3.63, 3.8) is 0 Å². The van der Waals surface area contributed by atoms with E-state index in [1.807, 2.05) is 6.07 Å². The normalized spacial score (nSPS) is 11.2. The first-order valence-electron chi connectivity index (χ1n) is 5.81. The van der Waals surface area contributed by atoms with Gasteiger partial charge in [0, 0.05) is 37.8 Å². The molecular formula is C13H20ClN3O2. The van der Waals surface area contributed by atoms with E-state index in [2.05, 4.69) is 5.32 Å². The number of anilines is 2. The number of nitrogens with two attached hydrogens (primary N) is 1. The van der Waals surface area contributed by atoms with E-state index in [4.69, 9.17) is 5.73 Å². The fraction of sp³-hybridized carbons (Fsp3) is 0.385. The summed E-state index contributed by atoms with van der Waals surface area (Å²) in [5, 5.41) is 2.77. The van der Waals surface area contributed by atoms with Crippen molar-refractivity contribution < 1.29 is 9.59 Å². The summed E-state index contributed by atoms with van der Waals surface area (Å²) in [5.74, 6) is -0.423. The molecule has 0 aliphatic heterocycles. The molecule has 1 aromatic rings. The maximum atomic E-state index is 11.7. The molecule has 0 aliphatic rings. The molecule has 0 fully saturated rings. The van der Waals surface area contributed by atoms with Crippen molar-refractivity contribution in [2.75, 3.05) is 23.8 Å². The first-order valence-corrected chi connectivity index (χ1v) is 5.81. The number of hydrogen-bond acceptors (Lipinski definition) is 3. The number of amides is 2. The Hall–Kier alpha value is -1.59. The van der Waals surface area contributed by atoms with Crippen molar-refractivity contribution >= 4 is 35.6 Å². The Morgan fingerprint density at radius 1 is 1.42 bits per heavy atom. The zero-order chi connectivity index (χ0) is 13.7. The van der Waals surface area contributed by atoms with Gasteiger partial charge in [-0.2, -0.15) is 0 Å². The third-order valence-electron chi connectivity index (χ3n) is 2.77. The average Bonchev–Trinajstić information content (AvgIpc) is 2.36. The number of nitrogens with one attached hydrogen (secondary N) is 1. The highest BCUT2D eigenvalue weighted by molar-refractivity contribution is 5.95. The number of halogens is 1. The van der Waals surface area contributed by atoms with Gasteiger partial charge in [0.15, 0.2) is 0 Å². The molecule has 0 bridgehead atoms. The molecule has 0 saturated heterocycles. The molecule has 1 rings (SSSR count). The largest absolute Gasteiger partial charge is 0.330 e. The van der Waals surface area contributed by atoms with Crippen LogP contribution in [0.4, 0.5) is 11.4 Å². The molecule has 19 heavy (non-hydrogen) atoms. The Bertz CT molecular complexity index is 451. The van der Waals surface area contributed by atoms with Crippen LogP contribution in [-0.4, -0.2) is 25.4 Å². The van der Waals surface area contributed by atoms with Gasteiger partial charge in [0.25, 0.3) is 0 Å². The van der Waals surface area contributed by atoms with Gasteiger partial charge in [-0.1, -0.05) is 13.0 Å². The van der Waals surface area contributed by atoms with Crippen molar-refractivity contribution in [1.82, 2.24) is 0 Å². The number of hydrogen-bond donors (Lipinski definition) is 2. The van der Waals surface area contributed by atoms with Crippen LogP contribution in [0.3, 0.4) is 0 Å². The van der Waals surface area contributed by atoms with E-state index in [1.54, 1.807) is 32.2 Å². The van der Waals surface area contributed by atoms with Gasteiger partial charge in [-0.3, -0.25) is 9.59 Å². The van der Waals surface area contributed by atoms with Gasteiger partial charge in [0.2, 0.25) is 11.8 Å². The van der Waals surface area contributed by atoms with Gasteiger partial charge in [0.05, 0.1) is 0 Å². The Labute approximate surface area is 119 Å². The molecule has 0 radical (unpaired) electrons. The topological polar surface area (TPSA) is 75.4 Å². The molecule has 5 nitrogen and oxygen atoms in total. The summed E-state index contributed by atoms with van der Waals surface area (Å²) in [4.78, 5) is 24.5. The van der Waals surface area contributed by atoms with Crippen LogP contribution in [0.2, 0.25) is 0 Å². The van der Waals surface area contributed by atoms with Gasteiger partial charge in [0.1, 0.15) is 0 Å². The van der Waals surface area contributed by atoms with Crippen LogP contribution in [0.15, 0.2) is 24.3 Å². The summed E-state index contributed by atoms with van der Waals surface area (Å²) >= 11 is 0. The number of carbonyl (C=O) groups is 2. The van der Waals surface area contributed by atoms with Crippen LogP contribution in [0.25, 0.3) is 0 Å². The van der Waals surface area contributed by atoms with Gasteiger partial charge < -0.3 is 16.0 Å². The van der Waals surface area contributed by atoms with Crippen molar-refractivity contribution in [3.8, 4) is 0 Å². The molecule has 106 valence electrons. The highest BCUT2D eigenvalue weighted by atomic mass is 35.5. The predicted molar refractivity (Wildman–Crippen MR) is 79.6 cm³/mol. The summed E-state index contributed by atoms with van der Waals surface area (Å²) in [6.45, 7) is 3.56. The van der Waals surface area contributed by atoms with E-state index in [1.165, 1.54) is 11.8 Å². The molecule has 6 heteroatoms. The molecule has 0 aromatic heterocycles. The van der Waals surface area contributed by atoms with Gasteiger partial charge in [-0.25, -0.2) is 0 Å². The lowest BCUT2D eigenvalue weighted by molar-refractivity contribution is -0.119. The molecule has 0 heterocycles. The summed E-state index contributed by atoms with van der Waals surface area (Å²) < 4.78 is 0. The summed E-state index contributed by atoms with van der Waals surface area (Å²) in [7, 11) is 1.69. The van der Waals surface area contributed by atoms with Gasteiger partial charge >= 0.3 is 0 Å². The summed E-state index contributed by atoms with van der Waals surface area (Å²) in [6, 6.07) is 7.13. The minimum atomic E-state index is -0.237. The van der Waals surface area contributed by atoms with Crippen LogP contribution in [0.5, 0.6) is 0 Å². The zero-order valence-corrected chi connectivity index (χ0v) is 12.2. The van der Waals surface area contributed by atoms with Crippen LogP contribution < -0.4 is 16.0 Å². The Morgan fingerprint density at radius 3 is 2.58 bits per heavy atom. The van der Waals surface area contributed by atoms with E-state index in [0.29, 0.717) is 12.2 Å². The Kier molecular flexibility index (Phi) is 7.11. The van der Waals surface area contributed by atoms with E-state index >= 15 is 0 Å². The monoisotopic (exact) mass is 285 g/mol. The fourth-order valence-corrected chi connectivity index (χ4v) is 1.35. The lowest BCUT2D eigenvalue weighted by Crippen LogP contribution is -2.27. The molecule has 1 unspecified atom stereocenters. The summed E-state index contributed by atoms with van der Waals surface area (Å²) in [5.41, 5.74) is 6.83. The molecule has 3 N–H and O–H groups in total. The molecule has 0 aliphatic carbocycles. The molecule has 1 atom stereocenters. The van der Waals surface area contributed by atoms with Gasteiger partial charge in [-0.05, 0) is 18.2 Å². The minimum absolute atomic E-state index is 0. The minimum Gasteiger partial charge on any atom is -0.330 e. The van der Waals surface area contributed by atoms with E-state index in [9.17, 15) is 9.59 Å². The standard InChI is InChI=1S/C13H19N3O2.ClH/c1-9(8-14)13(18)15-11-5-4-6-12(7-11)16(3)10(2)17;/h4-7,9H,8,14H2,1-3H3,(H,15,18);1H. The quantitative estimate of drug-likeness (QED) is 0.883. The number of carbonyl (C=O) groups excluding carboxylic acids is 2. The lowest BCUT2D eigenvalue weighted by atomic mass is 10.1. The number of rotatable bonds is 4. The van der Waals surface area contributed by atoms with Crippen molar-refractivity contribution in [2.24, 2.45) is 11.7 Å². The lowest BCUT2D eigenvalue weighted by Gasteiger charge is -2.16. The molecule has 2 amide bonds. The van der Waals surface area contributed by atoms with Gasteiger partial charge in [-0.15, -0.1) is 12.4 Å². The maximum Gasteiger partial charge on any atom is 0.228 e. The Balaban J connectivity index is 0.00000324. The van der Waals surface area contributed by atoms with E-state index in [0.717, 1.165) is 5.69 Å². The third kappa shape index (κ3) is 4.89. The SMILES string of the molecule is CC(=O)N(C)c1cccc(NC(=O)C(C)CN)c1.Cl. The van der Waals surface area contributed by atoms with E-state index in [-0.39, 0.29) is 30.1 Å².